The molecule has 0 spiro atoms. The van der Waals surface area contributed by atoms with Crippen LogP contribution in [-0.4, -0.2) is 29.6 Å². The summed E-state index contributed by atoms with van der Waals surface area (Å²) >= 11 is 0. The van der Waals surface area contributed by atoms with Crippen molar-refractivity contribution in [1.82, 2.24) is 10.3 Å². The summed E-state index contributed by atoms with van der Waals surface area (Å²) in [4.78, 5) is 14.9. The number of carbonyl (C=O) groups is 1. The third kappa shape index (κ3) is 5.04. The van der Waals surface area contributed by atoms with Gasteiger partial charge in [0, 0.05) is 12.3 Å². The molecule has 0 saturated carbocycles. The lowest BCUT2D eigenvalue weighted by molar-refractivity contribution is -0.137. The number of nitrogens with zero attached hydrogens (tertiary/aromatic N) is 1. The minimum atomic E-state index is -4.42. The first-order valence-corrected chi connectivity index (χ1v) is 5.84. The van der Waals surface area contributed by atoms with Crippen molar-refractivity contribution in [2.45, 2.75) is 25.6 Å². The van der Waals surface area contributed by atoms with Crippen LogP contribution in [0.5, 0.6) is 5.88 Å². The van der Waals surface area contributed by atoms with Crippen molar-refractivity contribution >= 4 is 5.91 Å². The summed E-state index contributed by atoms with van der Waals surface area (Å²) in [5, 5.41) is 2.53. The molecule has 112 valence electrons. The minimum absolute atomic E-state index is 0.0549. The Morgan fingerprint density at radius 3 is 2.50 bits per heavy atom. The lowest BCUT2D eigenvalue weighted by Crippen LogP contribution is -2.49. The molecule has 0 fully saturated rings. The summed E-state index contributed by atoms with van der Waals surface area (Å²) in [6, 6.07) is 2.00. The zero-order valence-electron chi connectivity index (χ0n) is 11.1. The molecule has 0 atom stereocenters. The molecule has 1 amide bonds. The first kappa shape index (κ1) is 16.2. The predicted molar refractivity (Wildman–Crippen MR) is 66.0 cm³/mol. The monoisotopic (exact) mass is 291 g/mol. The lowest BCUT2D eigenvalue weighted by atomic mass is 10.1. The van der Waals surface area contributed by atoms with Crippen LogP contribution >= 0.6 is 0 Å². The third-order valence-corrected chi connectivity index (χ3v) is 2.29. The highest BCUT2D eigenvalue weighted by molar-refractivity contribution is 5.84. The largest absolute Gasteiger partial charge is 0.476 e. The maximum atomic E-state index is 12.3. The van der Waals surface area contributed by atoms with Crippen LogP contribution in [0.1, 0.15) is 19.4 Å². The number of hydrogen-bond donors (Lipinski definition) is 2. The van der Waals surface area contributed by atoms with Gasteiger partial charge in [0.1, 0.15) is 6.61 Å². The summed E-state index contributed by atoms with van der Waals surface area (Å²) in [6.07, 6.45) is -3.73. The number of amides is 1. The van der Waals surface area contributed by atoms with Crippen molar-refractivity contribution in [3.05, 3.63) is 23.9 Å². The molecule has 0 aliphatic rings. The first-order chi connectivity index (χ1) is 9.10. The summed E-state index contributed by atoms with van der Waals surface area (Å²) in [7, 11) is 0. The van der Waals surface area contributed by atoms with Gasteiger partial charge in [-0.15, -0.1) is 0 Å². The second kappa shape index (κ2) is 6.08. The Balaban J connectivity index is 2.38. The van der Waals surface area contributed by atoms with E-state index in [-0.39, 0.29) is 24.9 Å². The van der Waals surface area contributed by atoms with E-state index >= 15 is 0 Å². The van der Waals surface area contributed by atoms with E-state index < -0.39 is 17.3 Å². The van der Waals surface area contributed by atoms with E-state index in [0.717, 1.165) is 12.1 Å². The summed E-state index contributed by atoms with van der Waals surface area (Å²) in [5.41, 5.74) is 3.72. The van der Waals surface area contributed by atoms with Crippen molar-refractivity contribution in [1.29, 1.82) is 0 Å². The molecule has 0 aromatic carbocycles. The fourth-order valence-electron chi connectivity index (χ4n) is 1.18. The van der Waals surface area contributed by atoms with Gasteiger partial charge in [-0.25, -0.2) is 4.98 Å². The highest BCUT2D eigenvalue weighted by atomic mass is 19.4. The van der Waals surface area contributed by atoms with Gasteiger partial charge >= 0.3 is 6.18 Å². The molecular formula is C12H16F3N3O2. The maximum absolute atomic E-state index is 12.3. The standard InChI is InChI=1S/C12H16F3N3O2/c1-11(2,16)10(19)17-5-6-20-9-4-3-8(7-18-9)12(13,14)15/h3-4,7H,5-6,16H2,1-2H3,(H,17,19). The van der Waals surface area contributed by atoms with Gasteiger partial charge < -0.3 is 15.8 Å². The van der Waals surface area contributed by atoms with E-state index in [2.05, 4.69) is 10.3 Å². The number of aromatic nitrogens is 1. The van der Waals surface area contributed by atoms with Crippen LogP contribution < -0.4 is 15.8 Å². The Bertz CT molecular complexity index is 453. The molecule has 1 aromatic rings. The normalized spacial score (nSPS) is 12.1. The molecule has 20 heavy (non-hydrogen) atoms. The molecule has 3 N–H and O–H groups in total. The van der Waals surface area contributed by atoms with Gasteiger partial charge in [0.25, 0.3) is 0 Å². The van der Waals surface area contributed by atoms with Crippen LogP contribution in [0.4, 0.5) is 13.2 Å². The molecule has 0 radical (unpaired) electrons. The van der Waals surface area contributed by atoms with E-state index in [9.17, 15) is 18.0 Å². The Hall–Kier alpha value is -1.83. The average molecular weight is 291 g/mol. The van der Waals surface area contributed by atoms with E-state index in [1.807, 2.05) is 0 Å². The maximum Gasteiger partial charge on any atom is 0.417 e. The number of alkyl halides is 3. The van der Waals surface area contributed by atoms with E-state index in [4.69, 9.17) is 10.5 Å². The second-order valence-corrected chi connectivity index (χ2v) is 4.71. The zero-order valence-corrected chi connectivity index (χ0v) is 11.1. The number of halogens is 3. The molecule has 1 heterocycles. The summed E-state index contributed by atoms with van der Waals surface area (Å²) < 4.78 is 42.0. The van der Waals surface area contributed by atoms with Crippen molar-refractivity contribution in [2.24, 2.45) is 5.73 Å². The quantitative estimate of drug-likeness (QED) is 0.802. The second-order valence-electron chi connectivity index (χ2n) is 4.71. The Morgan fingerprint density at radius 2 is 2.05 bits per heavy atom. The zero-order chi connectivity index (χ0) is 15.4. The average Bonchev–Trinajstić information content (AvgIpc) is 2.32. The molecule has 1 aromatic heterocycles. The van der Waals surface area contributed by atoms with Gasteiger partial charge in [-0.3, -0.25) is 4.79 Å². The van der Waals surface area contributed by atoms with Gasteiger partial charge in [0.2, 0.25) is 11.8 Å². The van der Waals surface area contributed by atoms with Crippen LogP contribution in [0.15, 0.2) is 18.3 Å². The van der Waals surface area contributed by atoms with Crippen LogP contribution in [0.2, 0.25) is 0 Å². The molecule has 0 aliphatic heterocycles. The Kier molecular flexibility index (Phi) is 4.93. The smallest absolute Gasteiger partial charge is 0.417 e. The van der Waals surface area contributed by atoms with Gasteiger partial charge in [0.15, 0.2) is 0 Å². The molecular weight excluding hydrogens is 275 g/mol. The van der Waals surface area contributed by atoms with Crippen molar-refractivity contribution in [2.75, 3.05) is 13.2 Å². The van der Waals surface area contributed by atoms with Gasteiger partial charge in [0.05, 0.1) is 17.6 Å². The molecule has 0 saturated heterocycles. The SMILES string of the molecule is CC(C)(N)C(=O)NCCOc1ccc(C(F)(F)F)cn1. The van der Waals surface area contributed by atoms with E-state index in [1.54, 1.807) is 13.8 Å². The summed E-state index contributed by atoms with van der Waals surface area (Å²) in [6.45, 7) is 3.38. The molecule has 8 heteroatoms. The van der Waals surface area contributed by atoms with Crippen LogP contribution in [0.3, 0.4) is 0 Å². The number of carbonyl (C=O) groups excluding carboxylic acids is 1. The van der Waals surface area contributed by atoms with Crippen molar-refractivity contribution in [3.63, 3.8) is 0 Å². The molecule has 5 nitrogen and oxygen atoms in total. The van der Waals surface area contributed by atoms with E-state index in [0.29, 0.717) is 6.20 Å². The molecule has 0 aliphatic carbocycles. The van der Waals surface area contributed by atoms with Crippen LogP contribution in [-0.2, 0) is 11.0 Å². The fourth-order valence-corrected chi connectivity index (χ4v) is 1.18. The third-order valence-electron chi connectivity index (χ3n) is 2.29. The highest BCUT2D eigenvalue weighted by Crippen LogP contribution is 2.29. The summed E-state index contributed by atoms with van der Waals surface area (Å²) in [5.74, 6) is -0.291. The Labute approximate surface area is 114 Å². The van der Waals surface area contributed by atoms with Crippen LogP contribution in [0, 0.1) is 0 Å². The van der Waals surface area contributed by atoms with Crippen molar-refractivity contribution in [3.8, 4) is 5.88 Å². The predicted octanol–water partition coefficient (Wildman–Crippen LogP) is 1.33. The number of rotatable bonds is 5. The number of ether oxygens (including phenoxy) is 1. The first-order valence-electron chi connectivity index (χ1n) is 5.84. The van der Waals surface area contributed by atoms with Crippen LogP contribution in [0.25, 0.3) is 0 Å². The lowest BCUT2D eigenvalue weighted by Gasteiger charge is -2.17. The van der Waals surface area contributed by atoms with Gasteiger partial charge in [-0.2, -0.15) is 13.2 Å². The number of nitrogens with one attached hydrogen (secondary N) is 1. The van der Waals surface area contributed by atoms with Crippen molar-refractivity contribution < 1.29 is 22.7 Å². The Morgan fingerprint density at radius 1 is 1.40 bits per heavy atom. The topological polar surface area (TPSA) is 77.2 Å². The molecule has 0 unspecified atom stereocenters. The molecule has 0 bridgehead atoms. The molecule has 1 rings (SSSR count). The number of pyridine rings is 1. The fraction of sp³-hybridized carbons (Fsp3) is 0.500. The highest BCUT2D eigenvalue weighted by Gasteiger charge is 2.30. The van der Waals surface area contributed by atoms with Gasteiger partial charge in [-0.1, -0.05) is 0 Å². The number of hydrogen-bond acceptors (Lipinski definition) is 4. The minimum Gasteiger partial charge on any atom is -0.476 e. The van der Waals surface area contributed by atoms with Gasteiger partial charge in [-0.05, 0) is 19.9 Å². The van der Waals surface area contributed by atoms with E-state index in [1.165, 1.54) is 0 Å². The number of nitrogens with two attached hydrogens (primary N) is 1.